The topological polar surface area (TPSA) is 59.2 Å². The van der Waals surface area contributed by atoms with Crippen LogP contribution in [0.3, 0.4) is 0 Å². The van der Waals surface area contributed by atoms with Crippen molar-refractivity contribution in [3.05, 3.63) is 33.2 Å². The summed E-state index contributed by atoms with van der Waals surface area (Å²) in [7, 11) is 1.22. The molecule has 1 aromatic rings. The molecule has 0 atom stereocenters. The fourth-order valence-electron chi connectivity index (χ4n) is 0.730. The van der Waals surface area contributed by atoms with Crippen LogP contribution in [0.15, 0.2) is 16.9 Å². The molecule has 64 valence electrons. The number of hydrogen-bond donors (Lipinski definition) is 1. The van der Waals surface area contributed by atoms with Gasteiger partial charge in [-0.2, -0.15) is 0 Å². The number of carbonyl (C=O) groups excluding carboxylic acids is 1. The molecule has 1 heterocycles. The van der Waals surface area contributed by atoms with Crippen LogP contribution in [0, 0.1) is 0 Å². The van der Waals surface area contributed by atoms with Crippen LogP contribution in [0.2, 0.25) is 5.02 Å². The third-order valence-electron chi connectivity index (χ3n) is 1.21. The molecule has 0 radical (unpaired) electrons. The summed E-state index contributed by atoms with van der Waals surface area (Å²) in [5.74, 6) is -0.616. The van der Waals surface area contributed by atoms with Crippen molar-refractivity contribution in [2.45, 2.75) is 0 Å². The predicted octanol–water partition coefficient (Wildman–Crippen LogP) is 0.815. The van der Waals surface area contributed by atoms with E-state index in [1.165, 1.54) is 19.2 Å². The molecular formula is C7H6ClNO3. The molecule has 0 bridgehead atoms. The van der Waals surface area contributed by atoms with Crippen molar-refractivity contribution in [3.63, 3.8) is 0 Å². The van der Waals surface area contributed by atoms with Crippen LogP contribution >= 0.6 is 11.6 Å². The summed E-state index contributed by atoms with van der Waals surface area (Å²) in [6.45, 7) is 0. The Morgan fingerprint density at radius 2 is 2.25 bits per heavy atom. The fraction of sp³-hybridized carbons (Fsp3) is 0.143. The van der Waals surface area contributed by atoms with Crippen LogP contribution in [0.4, 0.5) is 0 Å². The van der Waals surface area contributed by atoms with Gasteiger partial charge in [-0.25, -0.2) is 4.79 Å². The fourth-order valence-corrected chi connectivity index (χ4v) is 0.938. The van der Waals surface area contributed by atoms with Crippen LogP contribution in [0.1, 0.15) is 10.5 Å². The Hall–Kier alpha value is -1.29. The first-order valence-electron chi connectivity index (χ1n) is 3.11. The number of aromatic nitrogens is 1. The van der Waals surface area contributed by atoms with Gasteiger partial charge in [0.15, 0.2) is 0 Å². The van der Waals surface area contributed by atoms with Crippen molar-refractivity contribution in [1.29, 1.82) is 0 Å². The number of nitrogens with one attached hydrogen (secondary N) is 1. The number of rotatable bonds is 1. The van der Waals surface area contributed by atoms with Gasteiger partial charge < -0.3 is 9.72 Å². The number of halogens is 1. The number of aromatic amines is 1. The van der Waals surface area contributed by atoms with E-state index in [9.17, 15) is 9.59 Å². The van der Waals surface area contributed by atoms with Gasteiger partial charge in [-0.15, -0.1) is 0 Å². The lowest BCUT2D eigenvalue weighted by molar-refractivity contribution is 0.0593. The first kappa shape index (κ1) is 8.80. The van der Waals surface area contributed by atoms with Crippen molar-refractivity contribution in [2.24, 2.45) is 0 Å². The Kier molecular flexibility index (Phi) is 2.50. The Balaban J connectivity index is 3.17. The number of ether oxygens (including phenoxy) is 1. The van der Waals surface area contributed by atoms with Crippen LogP contribution in [0.25, 0.3) is 0 Å². The lowest BCUT2D eigenvalue weighted by atomic mass is 10.3. The first-order chi connectivity index (χ1) is 5.63. The molecule has 12 heavy (non-hydrogen) atoms. The minimum absolute atomic E-state index is 0.0509. The summed E-state index contributed by atoms with van der Waals surface area (Å²) < 4.78 is 4.38. The Morgan fingerprint density at radius 3 is 2.75 bits per heavy atom. The maximum Gasteiger partial charge on any atom is 0.354 e. The predicted molar refractivity (Wildman–Crippen MR) is 43.4 cm³/mol. The summed E-state index contributed by atoms with van der Waals surface area (Å²) in [6.07, 6.45) is 0. The van der Waals surface area contributed by atoms with E-state index in [1.807, 2.05) is 0 Å². The highest BCUT2D eigenvalue weighted by atomic mass is 35.5. The second-order valence-electron chi connectivity index (χ2n) is 2.07. The molecule has 5 heteroatoms. The van der Waals surface area contributed by atoms with Gasteiger partial charge in [0.2, 0.25) is 5.56 Å². The number of H-pyrrole nitrogens is 1. The van der Waals surface area contributed by atoms with Gasteiger partial charge in [0.25, 0.3) is 0 Å². The average Bonchev–Trinajstić information content (AvgIpc) is 2.01. The minimum atomic E-state index is -0.616. The number of pyridine rings is 1. The van der Waals surface area contributed by atoms with E-state index in [1.54, 1.807) is 0 Å². The second kappa shape index (κ2) is 3.40. The Bertz CT molecular complexity index is 358. The number of methoxy groups -OCH3 is 1. The molecule has 0 saturated carbocycles. The molecule has 0 amide bonds. The maximum atomic E-state index is 10.9. The summed E-state index contributed by atoms with van der Waals surface area (Å²) in [5, 5.41) is 0.208. The number of hydrogen-bond acceptors (Lipinski definition) is 3. The van der Waals surface area contributed by atoms with E-state index in [-0.39, 0.29) is 10.7 Å². The van der Waals surface area contributed by atoms with Gasteiger partial charge >= 0.3 is 5.97 Å². The lowest BCUT2D eigenvalue weighted by Crippen LogP contribution is -2.12. The van der Waals surface area contributed by atoms with Crippen molar-refractivity contribution < 1.29 is 9.53 Å². The third-order valence-corrected chi connectivity index (χ3v) is 1.43. The monoisotopic (exact) mass is 187 g/mol. The maximum absolute atomic E-state index is 10.9. The standard InChI is InChI=1S/C7H6ClNO3/c1-12-7(11)5-2-4(8)3-6(10)9-5/h2-3H,1H3,(H,9,10). The van der Waals surface area contributed by atoms with Crippen LogP contribution < -0.4 is 5.56 Å². The van der Waals surface area contributed by atoms with Crippen LogP contribution in [-0.4, -0.2) is 18.1 Å². The zero-order valence-corrected chi connectivity index (χ0v) is 7.01. The smallest absolute Gasteiger partial charge is 0.354 e. The van der Waals surface area contributed by atoms with Gasteiger partial charge in [-0.3, -0.25) is 4.79 Å². The van der Waals surface area contributed by atoms with E-state index in [0.717, 1.165) is 0 Å². The molecule has 1 aromatic heterocycles. The van der Waals surface area contributed by atoms with E-state index < -0.39 is 11.5 Å². The molecule has 0 aliphatic carbocycles. The van der Waals surface area contributed by atoms with E-state index in [2.05, 4.69) is 9.72 Å². The Morgan fingerprint density at radius 1 is 1.58 bits per heavy atom. The van der Waals surface area contributed by atoms with Crippen LogP contribution in [-0.2, 0) is 4.74 Å². The molecule has 1 rings (SSSR count). The van der Waals surface area contributed by atoms with Crippen molar-refractivity contribution in [1.82, 2.24) is 4.98 Å². The molecule has 0 aromatic carbocycles. The van der Waals surface area contributed by atoms with Crippen molar-refractivity contribution in [2.75, 3.05) is 7.11 Å². The molecule has 4 nitrogen and oxygen atoms in total. The van der Waals surface area contributed by atoms with Crippen molar-refractivity contribution >= 4 is 17.6 Å². The summed E-state index contributed by atoms with van der Waals surface area (Å²) in [6, 6.07) is 2.50. The molecule has 0 unspecified atom stereocenters. The van der Waals surface area contributed by atoms with E-state index >= 15 is 0 Å². The highest BCUT2D eigenvalue weighted by Crippen LogP contribution is 2.05. The molecule has 0 saturated heterocycles. The molecule has 0 fully saturated rings. The normalized spacial score (nSPS) is 9.50. The number of esters is 1. The highest BCUT2D eigenvalue weighted by molar-refractivity contribution is 6.30. The number of carbonyl (C=O) groups is 1. The van der Waals surface area contributed by atoms with Gasteiger partial charge in [0.1, 0.15) is 5.69 Å². The second-order valence-corrected chi connectivity index (χ2v) is 2.50. The minimum Gasteiger partial charge on any atom is -0.464 e. The molecule has 0 spiro atoms. The molecule has 1 N–H and O–H groups in total. The van der Waals surface area contributed by atoms with Gasteiger partial charge in [-0.1, -0.05) is 11.6 Å². The SMILES string of the molecule is COC(=O)c1cc(Cl)cc(=O)[nH]1. The van der Waals surface area contributed by atoms with Gasteiger partial charge in [-0.05, 0) is 6.07 Å². The lowest BCUT2D eigenvalue weighted by Gasteiger charge is -1.97. The Labute approximate surface area is 73.1 Å². The van der Waals surface area contributed by atoms with E-state index in [0.29, 0.717) is 0 Å². The largest absolute Gasteiger partial charge is 0.464 e. The molecular weight excluding hydrogens is 182 g/mol. The summed E-state index contributed by atoms with van der Waals surface area (Å²) in [4.78, 5) is 23.9. The summed E-state index contributed by atoms with van der Waals surface area (Å²) >= 11 is 5.52. The average molecular weight is 188 g/mol. The van der Waals surface area contributed by atoms with Gasteiger partial charge in [0, 0.05) is 11.1 Å². The quantitative estimate of drug-likeness (QED) is 0.662. The van der Waals surface area contributed by atoms with Crippen molar-refractivity contribution in [3.8, 4) is 0 Å². The first-order valence-corrected chi connectivity index (χ1v) is 3.49. The van der Waals surface area contributed by atoms with E-state index in [4.69, 9.17) is 11.6 Å². The zero-order chi connectivity index (χ0) is 9.14. The molecule has 0 aliphatic heterocycles. The molecule has 0 aliphatic rings. The summed E-state index contributed by atoms with van der Waals surface area (Å²) in [5.41, 5.74) is -0.377. The van der Waals surface area contributed by atoms with Gasteiger partial charge in [0.05, 0.1) is 7.11 Å². The van der Waals surface area contributed by atoms with Crippen LogP contribution in [0.5, 0.6) is 0 Å². The highest BCUT2D eigenvalue weighted by Gasteiger charge is 2.06. The zero-order valence-electron chi connectivity index (χ0n) is 6.26. The third kappa shape index (κ3) is 1.85.